The van der Waals surface area contributed by atoms with Crippen molar-refractivity contribution in [1.82, 2.24) is 10.6 Å². The molecular weight excluding hydrogens is 432 g/mol. The standard InChI is InChI=1S/C22H44N4O7/c1-4-6-18(23)22(25-3)19(5-2)33-17-21(28)26-8-10-30-12-14-32-16-15-31-13-11-29-9-7-20(24)27/h19,25H,4-17,23H2,1-3H3,(H2,24,27)(H,26,28)/b22-18-. The fourth-order valence-electron chi connectivity index (χ4n) is 2.76. The topological polar surface area (TPSA) is 156 Å². The highest BCUT2D eigenvalue weighted by Gasteiger charge is 2.16. The molecule has 0 radical (unpaired) electrons. The molecule has 1 atom stereocenters. The molecule has 0 aromatic heterocycles. The highest BCUT2D eigenvalue weighted by atomic mass is 16.6. The molecule has 0 bridgehead atoms. The number of hydrogen-bond donors (Lipinski definition) is 4. The van der Waals surface area contributed by atoms with Crippen LogP contribution >= 0.6 is 0 Å². The number of amides is 2. The molecule has 0 aromatic rings. The molecule has 0 saturated carbocycles. The Morgan fingerprint density at radius 1 is 0.818 bits per heavy atom. The Hall–Kier alpha value is -1.92. The molecule has 0 saturated heterocycles. The zero-order chi connectivity index (χ0) is 24.7. The molecule has 0 aromatic carbocycles. The van der Waals surface area contributed by atoms with Crippen LogP contribution in [-0.4, -0.2) is 91.0 Å². The van der Waals surface area contributed by atoms with E-state index in [1.807, 2.05) is 14.0 Å². The second-order valence-electron chi connectivity index (χ2n) is 7.16. The summed E-state index contributed by atoms with van der Waals surface area (Å²) < 4.78 is 27.1. The lowest BCUT2D eigenvalue weighted by Gasteiger charge is -2.21. The van der Waals surface area contributed by atoms with Crippen molar-refractivity contribution in [3.63, 3.8) is 0 Å². The average Bonchev–Trinajstić information content (AvgIpc) is 2.79. The Kier molecular flexibility index (Phi) is 20.6. The summed E-state index contributed by atoms with van der Waals surface area (Å²) >= 11 is 0. The van der Waals surface area contributed by atoms with Gasteiger partial charge in [-0.25, -0.2) is 0 Å². The van der Waals surface area contributed by atoms with Crippen molar-refractivity contribution in [3.05, 3.63) is 11.4 Å². The number of nitrogens with one attached hydrogen (secondary N) is 2. The van der Waals surface area contributed by atoms with Crippen LogP contribution in [0.4, 0.5) is 0 Å². The predicted octanol–water partition coefficient (Wildman–Crippen LogP) is 0.0294. The molecule has 0 rings (SSSR count). The van der Waals surface area contributed by atoms with Crippen LogP contribution in [0.15, 0.2) is 11.4 Å². The van der Waals surface area contributed by atoms with Crippen LogP contribution in [0.25, 0.3) is 0 Å². The first kappa shape index (κ1) is 31.1. The van der Waals surface area contributed by atoms with Crippen molar-refractivity contribution >= 4 is 11.8 Å². The van der Waals surface area contributed by atoms with Gasteiger partial charge in [0.25, 0.3) is 0 Å². The van der Waals surface area contributed by atoms with Crippen molar-refractivity contribution in [3.8, 4) is 0 Å². The van der Waals surface area contributed by atoms with Crippen LogP contribution in [0, 0.1) is 0 Å². The van der Waals surface area contributed by atoms with Crippen LogP contribution in [-0.2, 0) is 33.3 Å². The van der Waals surface area contributed by atoms with Crippen LogP contribution in [0.3, 0.4) is 0 Å². The molecule has 2 amide bonds. The molecule has 194 valence electrons. The number of rotatable bonds is 23. The molecule has 0 aliphatic rings. The third-order valence-electron chi connectivity index (χ3n) is 4.42. The molecule has 0 spiro atoms. The first-order valence-corrected chi connectivity index (χ1v) is 11.6. The lowest BCUT2D eigenvalue weighted by atomic mass is 10.1. The molecule has 11 heteroatoms. The summed E-state index contributed by atoms with van der Waals surface area (Å²) in [4.78, 5) is 22.5. The van der Waals surface area contributed by atoms with E-state index in [4.69, 9.17) is 35.2 Å². The number of carbonyl (C=O) groups excluding carboxylic acids is 2. The highest BCUT2D eigenvalue weighted by Crippen LogP contribution is 2.13. The summed E-state index contributed by atoms with van der Waals surface area (Å²) in [6.07, 6.45) is 2.42. The minimum atomic E-state index is -0.381. The van der Waals surface area contributed by atoms with Crippen molar-refractivity contribution in [1.29, 1.82) is 0 Å². The Morgan fingerprint density at radius 2 is 1.36 bits per heavy atom. The maximum Gasteiger partial charge on any atom is 0.246 e. The Labute approximate surface area is 197 Å². The summed E-state index contributed by atoms with van der Waals surface area (Å²) in [6, 6.07) is 0. The summed E-state index contributed by atoms with van der Waals surface area (Å²) in [7, 11) is 1.81. The van der Waals surface area contributed by atoms with Gasteiger partial charge in [-0.2, -0.15) is 0 Å². The van der Waals surface area contributed by atoms with Crippen LogP contribution < -0.4 is 22.1 Å². The molecule has 0 fully saturated rings. The molecule has 6 N–H and O–H groups in total. The number of primary amides is 1. The minimum absolute atomic E-state index is 0.0393. The Bertz CT molecular complexity index is 547. The fraction of sp³-hybridized carbons (Fsp3) is 0.818. The smallest absolute Gasteiger partial charge is 0.246 e. The summed E-state index contributed by atoms with van der Waals surface area (Å²) in [5.41, 5.74) is 12.7. The van der Waals surface area contributed by atoms with E-state index in [2.05, 4.69) is 17.6 Å². The van der Waals surface area contributed by atoms with E-state index in [1.165, 1.54) is 0 Å². The highest BCUT2D eigenvalue weighted by molar-refractivity contribution is 5.77. The Morgan fingerprint density at radius 3 is 1.85 bits per heavy atom. The second kappa shape index (κ2) is 21.9. The third-order valence-corrected chi connectivity index (χ3v) is 4.42. The van der Waals surface area contributed by atoms with Gasteiger partial charge in [-0.1, -0.05) is 20.3 Å². The maximum atomic E-state index is 12.0. The average molecular weight is 477 g/mol. The van der Waals surface area contributed by atoms with Gasteiger partial charge in [0.2, 0.25) is 11.8 Å². The molecule has 11 nitrogen and oxygen atoms in total. The van der Waals surface area contributed by atoms with Gasteiger partial charge in [0.05, 0.1) is 64.7 Å². The van der Waals surface area contributed by atoms with Gasteiger partial charge in [0.1, 0.15) is 6.61 Å². The van der Waals surface area contributed by atoms with E-state index in [1.54, 1.807) is 0 Å². The molecular formula is C22H44N4O7. The van der Waals surface area contributed by atoms with Crippen molar-refractivity contribution in [2.24, 2.45) is 11.5 Å². The van der Waals surface area contributed by atoms with Crippen LogP contribution in [0.1, 0.15) is 39.5 Å². The summed E-state index contributed by atoms with van der Waals surface area (Å²) in [5, 5.41) is 5.87. The number of likely N-dealkylation sites (N-methyl/N-ethyl adjacent to an activating group) is 1. The number of ether oxygens (including phenoxy) is 5. The maximum absolute atomic E-state index is 12.0. The number of allylic oxidation sites excluding steroid dienone is 1. The van der Waals surface area contributed by atoms with E-state index < -0.39 is 0 Å². The van der Waals surface area contributed by atoms with Gasteiger partial charge in [0, 0.05) is 25.7 Å². The van der Waals surface area contributed by atoms with Gasteiger partial charge in [0.15, 0.2) is 0 Å². The third kappa shape index (κ3) is 18.2. The molecule has 0 heterocycles. The quantitative estimate of drug-likeness (QED) is 0.149. The normalized spacial score (nSPS) is 12.8. The van der Waals surface area contributed by atoms with Gasteiger partial charge in [-0.05, 0) is 12.8 Å². The van der Waals surface area contributed by atoms with E-state index in [0.717, 1.165) is 24.2 Å². The Balaban J connectivity index is 3.63. The van der Waals surface area contributed by atoms with Gasteiger partial charge < -0.3 is 45.8 Å². The van der Waals surface area contributed by atoms with E-state index in [0.29, 0.717) is 65.8 Å². The largest absolute Gasteiger partial charge is 0.401 e. The number of carbonyl (C=O) groups is 2. The summed E-state index contributed by atoms with van der Waals surface area (Å²) in [6.45, 7) is 7.70. The van der Waals surface area contributed by atoms with Crippen molar-refractivity contribution in [2.45, 2.75) is 45.6 Å². The number of nitrogens with two attached hydrogens (primary N) is 2. The first-order valence-electron chi connectivity index (χ1n) is 11.6. The molecule has 1 unspecified atom stereocenters. The molecule has 0 aliphatic heterocycles. The lowest BCUT2D eigenvalue weighted by Crippen LogP contribution is -2.35. The van der Waals surface area contributed by atoms with Crippen molar-refractivity contribution in [2.75, 3.05) is 73.1 Å². The zero-order valence-electron chi connectivity index (χ0n) is 20.5. The molecule has 33 heavy (non-hydrogen) atoms. The zero-order valence-corrected chi connectivity index (χ0v) is 20.5. The summed E-state index contributed by atoms with van der Waals surface area (Å²) in [5.74, 6) is -0.582. The fourth-order valence-corrected chi connectivity index (χ4v) is 2.76. The van der Waals surface area contributed by atoms with Gasteiger partial charge in [-0.3, -0.25) is 9.59 Å². The van der Waals surface area contributed by atoms with E-state index in [-0.39, 0.29) is 30.9 Å². The molecule has 0 aliphatic carbocycles. The predicted molar refractivity (Wildman–Crippen MR) is 125 cm³/mol. The first-order chi connectivity index (χ1) is 16.0. The van der Waals surface area contributed by atoms with Gasteiger partial charge in [-0.15, -0.1) is 0 Å². The second-order valence-corrected chi connectivity index (χ2v) is 7.16. The van der Waals surface area contributed by atoms with E-state index >= 15 is 0 Å². The van der Waals surface area contributed by atoms with Crippen molar-refractivity contribution < 1.29 is 33.3 Å². The van der Waals surface area contributed by atoms with Crippen LogP contribution in [0.5, 0.6) is 0 Å². The SMILES string of the molecule is CCC/C(N)=C(/NC)C(CC)OCC(=O)NCCOCCOCCOCCOCCC(N)=O. The van der Waals surface area contributed by atoms with Gasteiger partial charge >= 0.3 is 0 Å². The lowest BCUT2D eigenvalue weighted by molar-refractivity contribution is -0.127. The number of hydrogen-bond acceptors (Lipinski definition) is 9. The monoisotopic (exact) mass is 476 g/mol. The van der Waals surface area contributed by atoms with E-state index in [9.17, 15) is 9.59 Å². The minimum Gasteiger partial charge on any atom is -0.401 e. The van der Waals surface area contributed by atoms with Crippen LogP contribution in [0.2, 0.25) is 0 Å².